The second-order valence-corrected chi connectivity index (χ2v) is 8.93. The van der Waals surface area contributed by atoms with Gasteiger partial charge in [0.05, 0.1) is 11.4 Å². The average Bonchev–Trinajstić information content (AvgIpc) is 3.17. The maximum absolute atomic E-state index is 11.8. The number of piperazine rings is 1. The van der Waals surface area contributed by atoms with E-state index >= 15 is 0 Å². The zero-order chi connectivity index (χ0) is 19.7. The van der Waals surface area contributed by atoms with Crippen LogP contribution in [0.3, 0.4) is 0 Å². The standard InChI is InChI=1S/C17H32N6O3S.HI/c1-4-18-17(19-8-6-9-21(3)27(24,25)5-2)23-12-10-22(11-13-23)15-16-7-14-26-20-16;/h7,14H,4-6,8-13,15H2,1-3H3,(H,18,19);1H. The fraction of sp³-hybridized carbons (Fsp3) is 0.765. The van der Waals surface area contributed by atoms with Crippen LogP contribution in [-0.2, 0) is 16.6 Å². The number of halogens is 1. The number of hydrogen-bond acceptors (Lipinski definition) is 6. The van der Waals surface area contributed by atoms with Gasteiger partial charge in [-0.3, -0.25) is 9.89 Å². The Hall–Kier alpha value is -0.920. The van der Waals surface area contributed by atoms with Crippen LogP contribution in [-0.4, -0.2) is 92.3 Å². The summed E-state index contributed by atoms with van der Waals surface area (Å²) in [7, 11) is -1.49. The van der Waals surface area contributed by atoms with Gasteiger partial charge >= 0.3 is 0 Å². The first-order valence-corrected chi connectivity index (χ1v) is 11.2. The van der Waals surface area contributed by atoms with E-state index in [9.17, 15) is 8.42 Å². The molecule has 1 saturated heterocycles. The molecule has 0 atom stereocenters. The van der Waals surface area contributed by atoms with Gasteiger partial charge in [-0.15, -0.1) is 24.0 Å². The van der Waals surface area contributed by atoms with Crippen LogP contribution < -0.4 is 5.32 Å². The van der Waals surface area contributed by atoms with Gasteiger partial charge in [-0.1, -0.05) is 5.16 Å². The monoisotopic (exact) mass is 528 g/mol. The summed E-state index contributed by atoms with van der Waals surface area (Å²) in [5.41, 5.74) is 0.954. The smallest absolute Gasteiger partial charge is 0.213 e. The lowest BCUT2D eigenvalue weighted by molar-refractivity contribution is 0.169. The molecule has 0 bridgehead atoms. The number of aliphatic imine (C=N–C) groups is 1. The van der Waals surface area contributed by atoms with E-state index in [0.29, 0.717) is 19.5 Å². The number of nitrogens with zero attached hydrogens (tertiary/aromatic N) is 5. The molecule has 1 aromatic heterocycles. The third-order valence-corrected chi connectivity index (χ3v) is 6.48. The van der Waals surface area contributed by atoms with Crippen molar-refractivity contribution < 1.29 is 12.9 Å². The lowest BCUT2D eigenvalue weighted by Crippen LogP contribution is -2.52. The zero-order valence-corrected chi connectivity index (χ0v) is 20.1. The molecule has 2 rings (SSSR count). The maximum Gasteiger partial charge on any atom is 0.213 e. The van der Waals surface area contributed by atoms with Crippen molar-refractivity contribution in [3.8, 4) is 0 Å². The number of aromatic nitrogens is 1. The Morgan fingerprint density at radius 1 is 1.32 bits per heavy atom. The van der Waals surface area contributed by atoms with Gasteiger partial charge in [-0.2, -0.15) is 0 Å². The highest BCUT2D eigenvalue weighted by Gasteiger charge is 2.20. The van der Waals surface area contributed by atoms with Crippen molar-refractivity contribution >= 4 is 40.0 Å². The van der Waals surface area contributed by atoms with Crippen molar-refractivity contribution in [2.45, 2.75) is 26.8 Å². The minimum atomic E-state index is -3.12. The molecular formula is C17H33IN6O3S. The first-order chi connectivity index (χ1) is 13.0. The Labute approximate surface area is 185 Å². The Balaban J connectivity index is 0.00000392. The second-order valence-electron chi connectivity index (χ2n) is 6.57. The van der Waals surface area contributed by atoms with Crippen LogP contribution in [0.5, 0.6) is 0 Å². The number of hydrogen-bond donors (Lipinski definition) is 1. The molecule has 162 valence electrons. The zero-order valence-electron chi connectivity index (χ0n) is 17.0. The van der Waals surface area contributed by atoms with Crippen molar-refractivity contribution in [2.75, 3.05) is 58.6 Å². The van der Waals surface area contributed by atoms with Gasteiger partial charge in [0.1, 0.15) is 6.26 Å². The van der Waals surface area contributed by atoms with E-state index in [1.165, 1.54) is 4.31 Å². The Morgan fingerprint density at radius 3 is 2.61 bits per heavy atom. The van der Waals surface area contributed by atoms with E-state index < -0.39 is 10.0 Å². The molecule has 0 unspecified atom stereocenters. The predicted molar refractivity (Wildman–Crippen MR) is 121 cm³/mol. The molecule has 0 saturated carbocycles. The molecule has 0 aromatic carbocycles. The third kappa shape index (κ3) is 7.84. The fourth-order valence-corrected chi connectivity index (χ4v) is 3.78. The molecule has 2 heterocycles. The van der Waals surface area contributed by atoms with Crippen LogP contribution in [0.1, 0.15) is 26.0 Å². The number of guanidine groups is 1. The summed E-state index contributed by atoms with van der Waals surface area (Å²) >= 11 is 0. The topological polar surface area (TPSA) is 94.3 Å². The summed E-state index contributed by atoms with van der Waals surface area (Å²) in [6, 6.07) is 1.90. The summed E-state index contributed by atoms with van der Waals surface area (Å²) in [6.07, 6.45) is 2.31. The molecule has 28 heavy (non-hydrogen) atoms. The van der Waals surface area contributed by atoms with Gasteiger partial charge in [0.25, 0.3) is 0 Å². The predicted octanol–water partition coefficient (Wildman–Crippen LogP) is 1.05. The van der Waals surface area contributed by atoms with Crippen LogP contribution in [0, 0.1) is 0 Å². The van der Waals surface area contributed by atoms with Crippen molar-refractivity contribution in [1.82, 2.24) is 24.6 Å². The normalized spacial score (nSPS) is 16.3. The van der Waals surface area contributed by atoms with Gasteiger partial charge in [-0.25, -0.2) is 12.7 Å². The molecular weight excluding hydrogens is 495 g/mol. The Morgan fingerprint density at radius 2 is 2.04 bits per heavy atom. The molecule has 0 radical (unpaired) electrons. The molecule has 1 N–H and O–H groups in total. The quantitative estimate of drug-likeness (QED) is 0.222. The summed E-state index contributed by atoms with van der Waals surface area (Å²) in [4.78, 5) is 9.29. The van der Waals surface area contributed by atoms with Crippen molar-refractivity contribution in [3.63, 3.8) is 0 Å². The Bertz CT molecular complexity index is 675. The molecule has 0 aliphatic carbocycles. The second kappa shape index (κ2) is 12.6. The number of nitrogens with one attached hydrogen (secondary N) is 1. The van der Waals surface area contributed by atoms with Gasteiger partial charge in [0, 0.05) is 65.5 Å². The lowest BCUT2D eigenvalue weighted by atomic mass is 10.3. The van der Waals surface area contributed by atoms with Gasteiger partial charge in [0.15, 0.2) is 5.96 Å². The van der Waals surface area contributed by atoms with Crippen LogP contribution in [0.2, 0.25) is 0 Å². The Kier molecular flexibility index (Phi) is 11.3. The van der Waals surface area contributed by atoms with E-state index in [-0.39, 0.29) is 29.7 Å². The molecule has 1 fully saturated rings. The van der Waals surface area contributed by atoms with E-state index in [1.807, 2.05) is 6.07 Å². The highest BCUT2D eigenvalue weighted by Crippen LogP contribution is 2.07. The highest BCUT2D eigenvalue weighted by atomic mass is 127. The largest absolute Gasteiger partial charge is 0.364 e. The van der Waals surface area contributed by atoms with Crippen LogP contribution in [0.4, 0.5) is 0 Å². The molecule has 9 nitrogen and oxygen atoms in total. The SMILES string of the molecule is CCNC(=NCCCN(C)S(=O)(=O)CC)N1CCN(Cc2ccon2)CC1.I. The van der Waals surface area contributed by atoms with E-state index in [1.54, 1.807) is 20.2 Å². The number of sulfonamides is 1. The van der Waals surface area contributed by atoms with E-state index in [0.717, 1.165) is 50.9 Å². The molecule has 11 heteroatoms. The van der Waals surface area contributed by atoms with E-state index in [2.05, 4.69) is 32.2 Å². The van der Waals surface area contributed by atoms with E-state index in [4.69, 9.17) is 4.52 Å². The first-order valence-electron chi connectivity index (χ1n) is 9.55. The minimum absolute atomic E-state index is 0. The third-order valence-electron chi connectivity index (χ3n) is 4.62. The van der Waals surface area contributed by atoms with Crippen LogP contribution in [0.25, 0.3) is 0 Å². The number of rotatable bonds is 9. The van der Waals surface area contributed by atoms with Gasteiger partial charge in [0.2, 0.25) is 10.0 Å². The van der Waals surface area contributed by atoms with Crippen molar-refractivity contribution in [1.29, 1.82) is 0 Å². The molecule has 1 aliphatic heterocycles. The summed E-state index contributed by atoms with van der Waals surface area (Å²) < 4.78 is 29.9. The van der Waals surface area contributed by atoms with Crippen LogP contribution >= 0.6 is 24.0 Å². The molecule has 1 aliphatic rings. The van der Waals surface area contributed by atoms with Crippen molar-refractivity contribution in [3.05, 3.63) is 18.0 Å². The van der Waals surface area contributed by atoms with Crippen LogP contribution in [0.15, 0.2) is 21.8 Å². The molecule has 0 amide bonds. The van der Waals surface area contributed by atoms with Crippen molar-refractivity contribution in [2.24, 2.45) is 4.99 Å². The highest BCUT2D eigenvalue weighted by molar-refractivity contribution is 14.0. The average molecular weight is 528 g/mol. The summed E-state index contributed by atoms with van der Waals surface area (Å²) in [5, 5.41) is 7.31. The first kappa shape index (κ1) is 25.1. The fourth-order valence-electron chi connectivity index (χ4n) is 2.93. The molecule has 0 spiro atoms. The van der Waals surface area contributed by atoms with Gasteiger partial charge < -0.3 is 14.7 Å². The molecule has 1 aromatic rings. The minimum Gasteiger partial charge on any atom is -0.364 e. The maximum atomic E-state index is 11.8. The van der Waals surface area contributed by atoms with Gasteiger partial charge in [-0.05, 0) is 20.3 Å². The summed E-state index contributed by atoms with van der Waals surface area (Å²) in [5.74, 6) is 1.04. The lowest BCUT2D eigenvalue weighted by Gasteiger charge is -2.36. The summed E-state index contributed by atoms with van der Waals surface area (Å²) in [6.45, 7) is 10.1.